The maximum absolute atomic E-state index is 14.1. The molecule has 38 heavy (non-hydrogen) atoms. The van der Waals surface area contributed by atoms with E-state index in [-0.39, 0.29) is 18.1 Å². The molecule has 6 rings (SSSR count). The molecule has 192 valence electrons. The van der Waals surface area contributed by atoms with Gasteiger partial charge in [-0.2, -0.15) is 0 Å². The highest BCUT2D eigenvalue weighted by atomic mass is 35.5. The quantitative estimate of drug-likeness (QED) is 0.271. The van der Waals surface area contributed by atoms with Gasteiger partial charge in [0.25, 0.3) is 5.69 Å². The first-order chi connectivity index (χ1) is 18.3. The lowest BCUT2D eigenvalue weighted by Gasteiger charge is -2.35. The molecule has 2 amide bonds. The number of carbonyl (C=O) groups is 2. The number of amides is 2. The van der Waals surface area contributed by atoms with Gasteiger partial charge in [-0.3, -0.25) is 20.2 Å². The number of carbonyl (C=O) groups excluding carboxylic acids is 2. The molecule has 10 nitrogen and oxygen atoms in total. The second kappa shape index (κ2) is 9.14. The van der Waals surface area contributed by atoms with Crippen LogP contribution in [0.15, 0.2) is 66.7 Å². The second-order valence-electron chi connectivity index (χ2n) is 9.53. The number of nitrogens with one attached hydrogen (secondary N) is 2. The number of hydrogen-bond acceptors (Lipinski definition) is 6. The Morgan fingerprint density at radius 3 is 2.79 bits per heavy atom. The van der Waals surface area contributed by atoms with Crippen LogP contribution in [0.25, 0.3) is 11.0 Å². The topological polar surface area (TPSA) is 130 Å². The highest BCUT2D eigenvalue weighted by Crippen LogP contribution is 2.44. The van der Waals surface area contributed by atoms with Crippen LogP contribution in [0.1, 0.15) is 29.3 Å². The minimum atomic E-state index is -1.01. The number of benzene rings is 3. The molecule has 11 heteroatoms. The molecule has 2 unspecified atom stereocenters. The molecule has 2 atom stereocenters. The van der Waals surface area contributed by atoms with Gasteiger partial charge in [-0.15, -0.1) is 0 Å². The maximum Gasteiger partial charge on any atom is 0.412 e. The first-order valence-electron chi connectivity index (χ1n) is 12.1. The molecule has 3 aromatic carbocycles. The van der Waals surface area contributed by atoms with E-state index >= 15 is 0 Å². The zero-order valence-electron chi connectivity index (χ0n) is 20.0. The summed E-state index contributed by atoms with van der Waals surface area (Å²) in [7, 11) is 0. The normalized spacial score (nSPS) is 19.2. The molecule has 2 aliphatic rings. The van der Waals surface area contributed by atoms with E-state index < -0.39 is 22.5 Å². The van der Waals surface area contributed by atoms with Crippen LogP contribution in [0.3, 0.4) is 0 Å². The standard InChI is InChI=1S/C27H22ClN5O5/c28-17-6-8-21-20(13-17)27(38-26(35)31-21)10-11-32(15-27)25(34)19(12-16-4-2-1-3-5-16)24-29-22-9-7-18(33(36)37)14-23(22)30-24/h1-9,13-14,19H,10-12,15H2,(H,29,30)(H,31,35). The highest BCUT2D eigenvalue weighted by Gasteiger charge is 2.49. The first-order valence-corrected chi connectivity index (χ1v) is 12.5. The molecule has 1 saturated heterocycles. The van der Waals surface area contributed by atoms with E-state index in [2.05, 4.69) is 15.3 Å². The summed E-state index contributed by atoms with van der Waals surface area (Å²) < 4.78 is 5.79. The fourth-order valence-electron chi connectivity index (χ4n) is 5.31. The van der Waals surface area contributed by atoms with Gasteiger partial charge < -0.3 is 14.6 Å². The number of aromatic nitrogens is 2. The van der Waals surface area contributed by atoms with Gasteiger partial charge in [0.2, 0.25) is 5.91 Å². The summed E-state index contributed by atoms with van der Waals surface area (Å²) in [6, 6.07) is 19.1. The largest absolute Gasteiger partial charge is 0.436 e. The van der Waals surface area contributed by atoms with Gasteiger partial charge in [0.15, 0.2) is 5.60 Å². The number of ether oxygens (including phenoxy) is 1. The van der Waals surface area contributed by atoms with Crippen molar-refractivity contribution in [2.24, 2.45) is 0 Å². The van der Waals surface area contributed by atoms with Gasteiger partial charge >= 0.3 is 6.09 Å². The van der Waals surface area contributed by atoms with Crippen molar-refractivity contribution in [2.75, 3.05) is 18.4 Å². The SMILES string of the molecule is O=C1Nc2ccc(Cl)cc2C2(CCN(C(=O)C(Cc3ccccc3)c3nc4cc([N+](=O)[O-])ccc4[nH]3)C2)O1. The Labute approximate surface area is 221 Å². The Kier molecular flexibility index (Phi) is 5.76. The number of H-pyrrole nitrogens is 1. The summed E-state index contributed by atoms with van der Waals surface area (Å²) >= 11 is 6.26. The predicted molar refractivity (Wildman–Crippen MR) is 140 cm³/mol. The van der Waals surface area contributed by atoms with Crippen molar-refractivity contribution in [3.8, 4) is 0 Å². The van der Waals surface area contributed by atoms with Crippen molar-refractivity contribution in [2.45, 2.75) is 24.4 Å². The number of aromatic amines is 1. The molecule has 0 radical (unpaired) electrons. The maximum atomic E-state index is 14.1. The number of nitro groups is 1. The average Bonchev–Trinajstić information content (AvgIpc) is 3.52. The van der Waals surface area contributed by atoms with Crippen molar-refractivity contribution in [3.05, 3.63) is 98.8 Å². The van der Waals surface area contributed by atoms with Crippen molar-refractivity contribution in [3.63, 3.8) is 0 Å². The van der Waals surface area contributed by atoms with E-state index in [4.69, 9.17) is 16.3 Å². The van der Waals surface area contributed by atoms with Crippen molar-refractivity contribution in [1.29, 1.82) is 0 Å². The fourth-order valence-corrected chi connectivity index (χ4v) is 5.48. The second-order valence-corrected chi connectivity index (χ2v) is 9.97. The summed E-state index contributed by atoms with van der Waals surface area (Å²) in [5.41, 5.74) is 2.21. The average molecular weight is 532 g/mol. The number of halogens is 1. The van der Waals surface area contributed by atoms with Crippen molar-refractivity contribution in [1.82, 2.24) is 14.9 Å². The van der Waals surface area contributed by atoms with Crippen molar-refractivity contribution < 1.29 is 19.2 Å². The van der Waals surface area contributed by atoms with Gasteiger partial charge in [0.05, 0.1) is 28.2 Å². The van der Waals surface area contributed by atoms with E-state index in [9.17, 15) is 19.7 Å². The van der Waals surface area contributed by atoms with E-state index in [0.717, 1.165) is 11.1 Å². The highest BCUT2D eigenvalue weighted by molar-refractivity contribution is 6.30. The van der Waals surface area contributed by atoms with Crippen LogP contribution in [0.2, 0.25) is 5.02 Å². The third-order valence-electron chi connectivity index (χ3n) is 7.15. The van der Waals surface area contributed by atoms with Crippen LogP contribution in [0, 0.1) is 10.1 Å². The Balaban J connectivity index is 1.35. The number of imidazole rings is 1. The number of nitro benzene ring substituents is 1. The number of hydrogen-bond donors (Lipinski definition) is 2. The van der Waals surface area contributed by atoms with Crippen molar-refractivity contribution >= 4 is 46.0 Å². The third-order valence-corrected chi connectivity index (χ3v) is 7.38. The number of anilines is 1. The van der Waals surface area contributed by atoms with E-state index in [1.165, 1.54) is 12.1 Å². The third kappa shape index (κ3) is 4.22. The van der Waals surface area contributed by atoms with Crippen LogP contribution < -0.4 is 5.32 Å². The number of fused-ring (bicyclic) bond motifs is 3. The summed E-state index contributed by atoms with van der Waals surface area (Å²) in [6.45, 7) is 0.540. The minimum Gasteiger partial charge on any atom is -0.436 e. The Morgan fingerprint density at radius 1 is 1.18 bits per heavy atom. The summed E-state index contributed by atoms with van der Waals surface area (Å²) in [5, 5.41) is 14.5. The van der Waals surface area contributed by atoms with Crippen LogP contribution in [0.4, 0.5) is 16.2 Å². The minimum absolute atomic E-state index is 0.0759. The Hall–Kier alpha value is -4.44. The molecule has 0 bridgehead atoms. The van der Waals surface area contributed by atoms with Crippen LogP contribution in [-0.2, 0) is 21.6 Å². The van der Waals surface area contributed by atoms with Crippen LogP contribution >= 0.6 is 11.6 Å². The molecule has 0 saturated carbocycles. The number of likely N-dealkylation sites (tertiary alicyclic amines) is 1. The molecular weight excluding hydrogens is 510 g/mol. The molecular formula is C27H22ClN5O5. The monoisotopic (exact) mass is 531 g/mol. The molecule has 2 N–H and O–H groups in total. The fraction of sp³-hybridized carbons (Fsp3) is 0.222. The molecule has 3 heterocycles. The lowest BCUT2D eigenvalue weighted by molar-refractivity contribution is -0.384. The predicted octanol–water partition coefficient (Wildman–Crippen LogP) is 5.14. The summed E-state index contributed by atoms with van der Waals surface area (Å²) in [5.74, 6) is -0.450. The number of non-ortho nitro benzene ring substituents is 1. The molecule has 2 aliphatic heterocycles. The number of rotatable bonds is 5. The zero-order valence-corrected chi connectivity index (χ0v) is 20.8. The van der Waals surface area contributed by atoms with Crippen LogP contribution in [0.5, 0.6) is 0 Å². The molecule has 1 aromatic heterocycles. The van der Waals surface area contributed by atoms with Crippen LogP contribution in [-0.4, -0.2) is 44.9 Å². The zero-order chi connectivity index (χ0) is 26.4. The molecule has 1 spiro atoms. The lowest BCUT2D eigenvalue weighted by Crippen LogP contribution is -2.43. The van der Waals surface area contributed by atoms with E-state index in [0.29, 0.717) is 47.0 Å². The van der Waals surface area contributed by atoms with Gasteiger partial charge in [0.1, 0.15) is 11.7 Å². The lowest BCUT2D eigenvalue weighted by atomic mass is 9.90. The van der Waals surface area contributed by atoms with Gasteiger partial charge in [-0.05, 0) is 36.2 Å². The van der Waals surface area contributed by atoms with Gasteiger partial charge in [-0.1, -0.05) is 41.9 Å². The number of nitrogens with zero attached hydrogens (tertiary/aromatic N) is 3. The van der Waals surface area contributed by atoms with Gasteiger partial charge in [0, 0.05) is 35.7 Å². The molecule has 1 fully saturated rings. The molecule has 4 aromatic rings. The van der Waals surface area contributed by atoms with Gasteiger partial charge in [-0.25, -0.2) is 9.78 Å². The Morgan fingerprint density at radius 2 is 2.00 bits per heavy atom. The van der Waals surface area contributed by atoms with E-state index in [1.807, 2.05) is 30.3 Å². The molecule has 0 aliphatic carbocycles. The summed E-state index contributed by atoms with van der Waals surface area (Å²) in [4.78, 5) is 46.7. The Bertz CT molecular complexity index is 1590. The smallest absolute Gasteiger partial charge is 0.412 e. The first kappa shape index (κ1) is 23.9. The van der Waals surface area contributed by atoms with E-state index in [1.54, 1.807) is 29.2 Å². The summed E-state index contributed by atoms with van der Waals surface area (Å²) in [6.07, 6.45) is 0.215.